The van der Waals surface area contributed by atoms with Crippen LogP contribution < -0.4 is 10.2 Å². The summed E-state index contributed by atoms with van der Waals surface area (Å²) in [7, 11) is -4.71. The monoisotopic (exact) mass is 399 g/mol. The minimum atomic E-state index is -4.71. The molecule has 27 heavy (non-hydrogen) atoms. The summed E-state index contributed by atoms with van der Waals surface area (Å²) in [5.41, 5.74) is 1.98. The lowest BCUT2D eigenvalue weighted by Crippen LogP contribution is -2.28. The molecule has 0 bridgehead atoms. The highest BCUT2D eigenvalue weighted by Gasteiger charge is 2.26. The van der Waals surface area contributed by atoms with Crippen molar-refractivity contribution in [3.63, 3.8) is 0 Å². The van der Waals surface area contributed by atoms with Crippen molar-refractivity contribution < 1.29 is 23.9 Å². The van der Waals surface area contributed by atoms with Gasteiger partial charge < -0.3 is 20.0 Å². The highest BCUT2D eigenvalue weighted by molar-refractivity contribution is 7.46. The van der Waals surface area contributed by atoms with Crippen molar-refractivity contribution in [3.05, 3.63) is 29.3 Å². The number of rotatable bonds is 10. The van der Waals surface area contributed by atoms with Gasteiger partial charge in [0.1, 0.15) is 0 Å². The van der Waals surface area contributed by atoms with E-state index < -0.39 is 7.82 Å². The van der Waals surface area contributed by atoms with Crippen molar-refractivity contribution in [3.8, 4) is 5.75 Å². The zero-order valence-electron chi connectivity index (χ0n) is 16.7. The molecular weight excluding hydrogens is 365 g/mol. The maximum absolute atomic E-state index is 11.1. The van der Waals surface area contributed by atoms with Gasteiger partial charge in [0.15, 0.2) is 5.75 Å². The topological polar surface area (TPSA) is 88.0 Å². The highest BCUT2D eigenvalue weighted by atomic mass is 31.2. The van der Waals surface area contributed by atoms with E-state index in [-0.39, 0.29) is 11.3 Å². The van der Waals surface area contributed by atoms with E-state index >= 15 is 0 Å². The predicted molar refractivity (Wildman–Crippen MR) is 107 cm³/mol. The normalized spacial score (nSPS) is 18.5. The van der Waals surface area contributed by atoms with Crippen LogP contribution in [-0.4, -0.2) is 22.9 Å². The Morgan fingerprint density at radius 1 is 1.26 bits per heavy atom. The number of piperidine rings is 1. The summed E-state index contributed by atoms with van der Waals surface area (Å²) in [6.07, 6.45) is 7.96. The van der Waals surface area contributed by atoms with Gasteiger partial charge in [-0.15, -0.1) is 0 Å². The van der Waals surface area contributed by atoms with Crippen molar-refractivity contribution in [1.82, 2.24) is 5.32 Å². The molecule has 1 fully saturated rings. The molecule has 1 aromatic rings. The molecule has 154 valence electrons. The Balaban J connectivity index is 2.21. The lowest BCUT2D eigenvalue weighted by Gasteiger charge is -2.29. The van der Waals surface area contributed by atoms with E-state index in [1.54, 1.807) is 0 Å². The molecule has 6 nitrogen and oxygen atoms in total. The quantitative estimate of drug-likeness (QED) is 0.227. The van der Waals surface area contributed by atoms with E-state index in [0.717, 1.165) is 49.9 Å². The zero-order valence-corrected chi connectivity index (χ0v) is 17.6. The van der Waals surface area contributed by atoms with Gasteiger partial charge in [0.2, 0.25) is 0 Å². The van der Waals surface area contributed by atoms with Crippen LogP contribution in [0.1, 0.15) is 82.8 Å². The molecule has 1 heterocycles. The molecule has 7 heteroatoms. The Morgan fingerprint density at radius 3 is 2.67 bits per heavy atom. The van der Waals surface area contributed by atoms with E-state index in [1.165, 1.54) is 19.3 Å². The maximum atomic E-state index is 11.1. The standard InChI is InChI=1S/C20H34NO5P/c1-4-5-6-7-12-20(2,3)17-10-11-18(16-9-8-13-21-15-16)19(14-17)25-26-27(22,23)24/h10-11,14,16,21H,4-9,12-13,15H2,1-3H3,(H2,22,23,24). The van der Waals surface area contributed by atoms with Crippen molar-refractivity contribution >= 4 is 7.82 Å². The molecule has 0 radical (unpaired) electrons. The number of unbranched alkanes of at least 4 members (excludes halogenated alkanes) is 3. The molecule has 2 rings (SSSR count). The molecule has 0 spiro atoms. The number of benzene rings is 1. The lowest BCUT2D eigenvalue weighted by molar-refractivity contribution is -0.123. The number of phosphoric acid groups is 1. The summed E-state index contributed by atoms with van der Waals surface area (Å²) < 4.78 is 15.5. The zero-order chi connectivity index (χ0) is 19.9. The Morgan fingerprint density at radius 2 is 2.04 bits per heavy atom. The lowest BCUT2D eigenvalue weighted by atomic mass is 9.78. The second kappa shape index (κ2) is 10.0. The van der Waals surface area contributed by atoms with E-state index in [9.17, 15) is 4.57 Å². The summed E-state index contributed by atoms with van der Waals surface area (Å²) in [6, 6.07) is 6.03. The van der Waals surface area contributed by atoms with E-state index in [1.807, 2.05) is 12.1 Å². The Labute approximate surface area is 162 Å². The van der Waals surface area contributed by atoms with Crippen LogP contribution in [0.3, 0.4) is 0 Å². The predicted octanol–water partition coefficient (Wildman–Crippen LogP) is 4.80. The van der Waals surface area contributed by atoms with Crippen LogP contribution in [0.4, 0.5) is 0 Å². The summed E-state index contributed by atoms with van der Waals surface area (Å²) in [4.78, 5) is 23.2. The van der Waals surface area contributed by atoms with Crippen LogP contribution in [0, 0.1) is 0 Å². The van der Waals surface area contributed by atoms with Gasteiger partial charge in [-0.2, -0.15) is 0 Å². The molecule has 1 aliphatic heterocycles. The van der Waals surface area contributed by atoms with Crippen molar-refractivity contribution in [2.24, 2.45) is 0 Å². The Hall–Kier alpha value is -0.910. The summed E-state index contributed by atoms with van der Waals surface area (Å²) in [5, 5.41) is 3.37. The van der Waals surface area contributed by atoms with Crippen molar-refractivity contribution in [2.75, 3.05) is 13.1 Å². The SMILES string of the molecule is CCCCCCC(C)(C)c1ccc(C2CCCNC2)c(OOP(=O)(O)O)c1. The van der Waals surface area contributed by atoms with Crippen molar-refractivity contribution in [2.45, 2.75) is 77.0 Å². The first-order valence-corrected chi connectivity index (χ1v) is 11.5. The maximum Gasteiger partial charge on any atom is 0.505 e. The highest BCUT2D eigenvalue weighted by Crippen LogP contribution is 2.41. The van der Waals surface area contributed by atoms with Gasteiger partial charge in [0, 0.05) is 18.0 Å². The van der Waals surface area contributed by atoms with Gasteiger partial charge in [-0.25, -0.2) is 4.57 Å². The van der Waals surface area contributed by atoms with Gasteiger partial charge in [-0.1, -0.05) is 63.3 Å². The number of hydrogen-bond acceptors (Lipinski definition) is 4. The minimum absolute atomic E-state index is 0.0443. The molecule has 1 atom stereocenters. The smallest absolute Gasteiger partial charge is 0.327 e. The fourth-order valence-electron chi connectivity index (χ4n) is 3.71. The summed E-state index contributed by atoms with van der Waals surface area (Å²) >= 11 is 0. The van der Waals surface area contributed by atoms with Gasteiger partial charge >= 0.3 is 7.82 Å². The molecule has 0 saturated carbocycles. The molecule has 0 amide bonds. The second-order valence-corrected chi connectivity index (χ2v) is 9.27. The van der Waals surface area contributed by atoms with Crippen LogP contribution in [0.25, 0.3) is 0 Å². The van der Waals surface area contributed by atoms with Crippen LogP contribution in [0.2, 0.25) is 0 Å². The Bertz CT molecular complexity index is 637. The van der Waals surface area contributed by atoms with Crippen molar-refractivity contribution in [1.29, 1.82) is 0 Å². The van der Waals surface area contributed by atoms with Gasteiger partial charge in [0.05, 0.1) is 0 Å². The largest absolute Gasteiger partial charge is 0.505 e. The first-order chi connectivity index (χ1) is 12.7. The second-order valence-electron chi connectivity index (χ2n) is 8.14. The van der Waals surface area contributed by atoms with E-state index in [4.69, 9.17) is 14.7 Å². The molecule has 1 saturated heterocycles. The van der Waals surface area contributed by atoms with Crippen LogP contribution >= 0.6 is 7.82 Å². The third kappa shape index (κ3) is 7.20. The minimum Gasteiger partial charge on any atom is -0.327 e. The first-order valence-electron chi connectivity index (χ1n) is 10.00. The molecule has 1 unspecified atom stereocenters. The molecular formula is C20H34NO5P. The number of nitrogens with one attached hydrogen (secondary N) is 1. The third-order valence-electron chi connectivity index (χ3n) is 5.41. The average Bonchev–Trinajstić information content (AvgIpc) is 2.63. The van der Waals surface area contributed by atoms with Gasteiger partial charge in [0.25, 0.3) is 0 Å². The average molecular weight is 399 g/mol. The summed E-state index contributed by atoms with van der Waals surface area (Å²) in [5.74, 6) is 0.655. The molecule has 3 N–H and O–H groups in total. The Kier molecular flexibility index (Phi) is 8.32. The fraction of sp³-hybridized carbons (Fsp3) is 0.700. The molecule has 0 aromatic heterocycles. The van der Waals surface area contributed by atoms with Gasteiger partial charge in [-0.3, -0.25) is 0 Å². The third-order valence-corrected chi connectivity index (χ3v) is 5.68. The van der Waals surface area contributed by atoms with Crippen LogP contribution in [-0.2, 0) is 14.7 Å². The molecule has 1 aliphatic rings. The van der Waals surface area contributed by atoms with Gasteiger partial charge in [-0.05, 0) is 42.9 Å². The van der Waals surface area contributed by atoms with E-state index in [2.05, 4.69) is 36.8 Å². The van der Waals surface area contributed by atoms with E-state index in [0.29, 0.717) is 5.75 Å². The fourth-order valence-corrected chi connectivity index (χ4v) is 3.89. The first kappa shape index (κ1) is 22.4. The van der Waals surface area contributed by atoms with Crippen LogP contribution in [0.15, 0.2) is 18.2 Å². The molecule has 0 aliphatic carbocycles. The molecule has 1 aromatic carbocycles. The number of hydrogen-bond donors (Lipinski definition) is 3. The van der Waals surface area contributed by atoms with Crippen LogP contribution in [0.5, 0.6) is 5.75 Å². The summed E-state index contributed by atoms with van der Waals surface area (Å²) in [6.45, 7) is 8.42.